The molecule has 0 bridgehead atoms. The number of carbonyl (C=O) groups is 1. The van der Waals surface area contributed by atoms with Crippen molar-refractivity contribution < 1.29 is 4.79 Å². The lowest BCUT2D eigenvalue weighted by molar-refractivity contribution is -0.120. The van der Waals surface area contributed by atoms with Gasteiger partial charge in [0, 0.05) is 27.9 Å². The van der Waals surface area contributed by atoms with Crippen molar-refractivity contribution in [1.29, 1.82) is 0 Å². The highest BCUT2D eigenvalue weighted by molar-refractivity contribution is 7.14. The molecule has 0 saturated carbocycles. The number of nitrogens with zero attached hydrogens (tertiary/aromatic N) is 1. The number of halogens is 1. The molecule has 1 amide bonds. The Balaban J connectivity index is 1.57. The predicted molar refractivity (Wildman–Crippen MR) is 92.4 cm³/mol. The standard InChI is InChI=1S/C16H13ClN2OS2/c17-14-4-2-1-3-11(14)8-18-15(20)7-13-10-22-16(19-13)12-5-6-21-9-12/h1-6,9-10H,7-8H2,(H,18,20). The summed E-state index contributed by atoms with van der Waals surface area (Å²) in [7, 11) is 0. The van der Waals surface area contributed by atoms with Crippen molar-refractivity contribution in [2.75, 3.05) is 0 Å². The largest absolute Gasteiger partial charge is 0.352 e. The van der Waals surface area contributed by atoms with Crippen molar-refractivity contribution >= 4 is 40.2 Å². The van der Waals surface area contributed by atoms with E-state index in [1.54, 1.807) is 22.7 Å². The Bertz CT molecular complexity index is 768. The average Bonchev–Trinajstić information content (AvgIpc) is 3.17. The molecule has 0 saturated heterocycles. The topological polar surface area (TPSA) is 42.0 Å². The second-order valence-corrected chi connectivity index (χ2v) is 6.75. The average molecular weight is 349 g/mol. The molecule has 0 spiro atoms. The Hall–Kier alpha value is -1.69. The number of hydrogen-bond acceptors (Lipinski definition) is 4. The molecule has 1 aromatic carbocycles. The fraction of sp³-hybridized carbons (Fsp3) is 0.125. The zero-order valence-electron chi connectivity index (χ0n) is 11.6. The van der Waals surface area contributed by atoms with Gasteiger partial charge in [0.15, 0.2) is 0 Å². The summed E-state index contributed by atoms with van der Waals surface area (Å²) in [6.07, 6.45) is 0.283. The van der Waals surface area contributed by atoms with Gasteiger partial charge >= 0.3 is 0 Å². The third-order valence-electron chi connectivity index (χ3n) is 3.10. The van der Waals surface area contributed by atoms with Crippen molar-refractivity contribution in [3.05, 3.63) is 62.8 Å². The van der Waals surface area contributed by atoms with Gasteiger partial charge in [0.1, 0.15) is 5.01 Å². The number of hydrogen-bond donors (Lipinski definition) is 1. The number of aromatic nitrogens is 1. The zero-order valence-corrected chi connectivity index (χ0v) is 14.0. The van der Waals surface area contributed by atoms with Crippen molar-refractivity contribution in [3.63, 3.8) is 0 Å². The first kappa shape index (κ1) is 15.2. The summed E-state index contributed by atoms with van der Waals surface area (Å²) in [5.74, 6) is -0.0536. The minimum Gasteiger partial charge on any atom is -0.352 e. The maximum Gasteiger partial charge on any atom is 0.226 e. The van der Waals surface area contributed by atoms with Crippen molar-refractivity contribution in [1.82, 2.24) is 10.3 Å². The summed E-state index contributed by atoms with van der Waals surface area (Å²) in [5.41, 5.74) is 2.82. The Morgan fingerprint density at radius 1 is 1.23 bits per heavy atom. The highest BCUT2D eigenvalue weighted by Gasteiger charge is 2.09. The van der Waals surface area contributed by atoms with E-state index >= 15 is 0 Å². The maximum absolute atomic E-state index is 12.0. The highest BCUT2D eigenvalue weighted by Crippen LogP contribution is 2.25. The van der Waals surface area contributed by atoms with E-state index in [9.17, 15) is 4.79 Å². The molecule has 0 atom stereocenters. The van der Waals surface area contributed by atoms with Crippen molar-refractivity contribution in [3.8, 4) is 10.6 Å². The molecule has 112 valence electrons. The van der Waals surface area contributed by atoms with Crippen LogP contribution in [0.2, 0.25) is 5.02 Å². The van der Waals surface area contributed by atoms with Gasteiger partial charge in [0.05, 0.1) is 12.1 Å². The Labute approximate surface area is 141 Å². The number of thiazole rings is 1. The molecular weight excluding hydrogens is 336 g/mol. The maximum atomic E-state index is 12.0. The third-order valence-corrected chi connectivity index (χ3v) is 5.09. The summed E-state index contributed by atoms with van der Waals surface area (Å²) in [5, 5.41) is 10.5. The number of nitrogens with one attached hydrogen (secondary N) is 1. The molecule has 3 nitrogen and oxygen atoms in total. The van der Waals surface area contributed by atoms with Gasteiger partial charge in [0.2, 0.25) is 5.91 Å². The van der Waals surface area contributed by atoms with Gasteiger partial charge in [-0.05, 0) is 23.1 Å². The molecule has 2 aromatic heterocycles. The molecule has 1 N–H and O–H groups in total. The van der Waals surface area contributed by atoms with Crippen LogP contribution in [0.1, 0.15) is 11.3 Å². The lowest BCUT2D eigenvalue weighted by Gasteiger charge is -2.05. The first-order valence-electron chi connectivity index (χ1n) is 6.69. The SMILES string of the molecule is O=C(Cc1csc(-c2ccsc2)n1)NCc1ccccc1Cl. The van der Waals surface area contributed by atoms with Gasteiger partial charge < -0.3 is 5.32 Å². The highest BCUT2D eigenvalue weighted by atomic mass is 35.5. The summed E-state index contributed by atoms with van der Waals surface area (Å²) in [6.45, 7) is 0.431. The van der Waals surface area contributed by atoms with Crippen molar-refractivity contribution in [2.45, 2.75) is 13.0 Å². The lowest BCUT2D eigenvalue weighted by Crippen LogP contribution is -2.24. The molecule has 22 heavy (non-hydrogen) atoms. The monoisotopic (exact) mass is 348 g/mol. The number of thiophene rings is 1. The van der Waals surface area contributed by atoms with Crippen molar-refractivity contribution in [2.24, 2.45) is 0 Å². The second-order valence-electron chi connectivity index (χ2n) is 4.70. The Morgan fingerprint density at radius 2 is 2.09 bits per heavy atom. The van der Waals surface area contributed by atoms with Crippen LogP contribution in [0.25, 0.3) is 10.6 Å². The van der Waals surface area contributed by atoms with Crippen LogP contribution >= 0.6 is 34.3 Å². The molecule has 3 aromatic rings. The molecule has 0 aliphatic carbocycles. The molecule has 2 heterocycles. The number of rotatable bonds is 5. The van der Waals surface area contributed by atoms with Gasteiger partial charge in [-0.1, -0.05) is 29.8 Å². The van der Waals surface area contributed by atoms with Crippen LogP contribution in [-0.2, 0) is 17.8 Å². The minimum atomic E-state index is -0.0536. The molecule has 0 aliphatic heterocycles. The van der Waals surface area contributed by atoms with Crippen LogP contribution in [0.3, 0.4) is 0 Å². The molecule has 0 fully saturated rings. The molecule has 6 heteroatoms. The van der Waals surface area contributed by atoms with Crippen LogP contribution in [-0.4, -0.2) is 10.9 Å². The van der Waals surface area contributed by atoms with E-state index in [0.717, 1.165) is 21.8 Å². The first-order chi connectivity index (χ1) is 10.7. The van der Waals surface area contributed by atoms with Gasteiger partial charge in [-0.15, -0.1) is 11.3 Å². The molecular formula is C16H13ClN2OS2. The van der Waals surface area contributed by atoms with Crippen LogP contribution in [0.4, 0.5) is 0 Å². The van der Waals surface area contributed by atoms with E-state index in [0.29, 0.717) is 11.6 Å². The molecule has 0 aliphatic rings. The van der Waals surface area contributed by atoms with Gasteiger partial charge in [-0.2, -0.15) is 11.3 Å². The van der Waals surface area contributed by atoms with Gasteiger partial charge in [-0.25, -0.2) is 4.98 Å². The number of benzene rings is 1. The normalized spacial score (nSPS) is 10.6. The van der Waals surface area contributed by atoms with Crippen LogP contribution in [0, 0.1) is 0 Å². The van der Waals surface area contributed by atoms with Crippen LogP contribution in [0.15, 0.2) is 46.5 Å². The van der Waals surface area contributed by atoms with E-state index in [1.165, 1.54) is 0 Å². The summed E-state index contributed by atoms with van der Waals surface area (Å²) in [4.78, 5) is 16.5. The Morgan fingerprint density at radius 3 is 2.86 bits per heavy atom. The summed E-state index contributed by atoms with van der Waals surface area (Å²) in [6, 6.07) is 9.53. The van der Waals surface area contributed by atoms with Crippen LogP contribution < -0.4 is 5.32 Å². The summed E-state index contributed by atoms with van der Waals surface area (Å²) < 4.78 is 0. The van der Waals surface area contributed by atoms with E-state index in [-0.39, 0.29) is 12.3 Å². The zero-order chi connectivity index (χ0) is 15.4. The molecule has 0 radical (unpaired) electrons. The minimum absolute atomic E-state index is 0.0536. The smallest absolute Gasteiger partial charge is 0.226 e. The lowest BCUT2D eigenvalue weighted by atomic mass is 10.2. The fourth-order valence-corrected chi connectivity index (χ4v) is 3.70. The van der Waals surface area contributed by atoms with Crippen LogP contribution in [0.5, 0.6) is 0 Å². The summed E-state index contributed by atoms with van der Waals surface area (Å²) >= 11 is 9.27. The van der Waals surface area contributed by atoms with E-state index in [1.807, 2.05) is 41.1 Å². The predicted octanol–water partition coefficient (Wildman–Crippen LogP) is 4.38. The number of carbonyl (C=O) groups excluding carboxylic acids is 1. The van der Waals surface area contributed by atoms with E-state index in [4.69, 9.17) is 11.6 Å². The molecule has 3 rings (SSSR count). The molecule has 0 unspecified atom stereocenters. The van der Waals surface area contributed by atoms with Gasteiger partial charge in [-0.3, -0.25) is 4.79 Å². The van der Waals surface area contributed by atoms with Gasteiger partial charge in [0.25, 0.3) is 0 Å². The second kappa shape index (κ2) is 7.05. The van der Waals surface area contributed by atoms with E-state index in [2.05, 4.69) is 15.7 Å². The Kier molecular flexibility index (Phi) is 4.87. The quantitative estimate of drug-likeness (QED) is 0.743. The number of amides is 1. The third kappa shape index (κ3) is 3.74. The first-order valence-corrected chi connectivity index (χ1v) is 8.89. The van der Waals surface area contributed by atoms with E-state index < -0.39 is 0 Å². The fourth-order valence-electron chi connectivity index (χ4n) is 1.97.